The van der Waals surface area contributed by atoms with Crippen molar-refractivity contribution < 1.29 is 9.53 Å². The average Bonchev–Trinajstić information content (AvgIpc) is 3.36. The molecular weight excluding hydrogens is 318 g/mol. The number of nitrogens with zero attached hydrogens (tertiary/aromatic N) is 3. The van der Waals surface area contributed by atoms with E-state index in [2.05, 4.69) is 20.6 Å². The number of carbonyl (C=O) groups is 1. The van der Waals surface area contributed by atoms with Gasteiger partial charge in [-0.25, -0.2) is 14.8 Å². The Bertz CT molecular complexity index is 597. The van der Waals surface area contributed by atoms with Crippen LogP contribution in [0.1, 0.15) is 52.9 Å². The molecule has 1 amide bonds. The maximum atomic E-state index is 12.5. The van der Waals surface area contributed by atoms with Gasteiger partial charge < -0.3 is 20.3 Å². The molecule has 1 aliphatic heterocycles. The number of hydrogen-bond acceptors (Lipinski definition) is 6. The van der Waals surface area contributed by atoms with Crippen LogP contribution in [0.4, 0.5) is 16.4 Å². The largest absolute Gasteiger partial charge is 0.444 e. The van der Waals surface area contributed by atoms with E-state index >= 15 is 0 Å². The fourth-order valence-corrected chi connectivity index (χ4v) is 2.97. The molecule has 0 unspecified atom stereocenters. The molecule has 1 aromatic heterocycles. The maximum absolute atomic E-state index is 12.5. The fraction of sp³-hybridized carbons (Fsp3) is 0.722. The zero-order valence-electron chi connectivity index (χ0n) is 15.4. The molecule has 7 nitrogen and oxygen atoms in total. The van der Waals surface area contributed by atoms with Crippen LogP contribution in [-0.4, -0.2) is 51.7 Å². The number of likely N-dealkylation sites (tertiary alicyclic amines) is 1. The van der Waals surface area contributed by atoms with Crippen molar-refractivity contribution in [3.63, 3.8) is 0 Å². The number of aromatic nitrogens is 2. The molecule has 2 aliphatic rings. The molecule has 0 bridgehead atoms. The second-order valence-electron chi connectivity index (χ2n) is 7.91. The van der Waals surface area contributed by atoms with Crippen LogP contribution in [0.25, 0.3) is 0 Å². The average molecular weight is 347 g/mol. The standard InChI is InChI=1S/C18H29N5O2/c1-18(2,3)25-17(24)23-9-5-4-6-14(23)11-19-15-10-16(21-12-20-15)22-13-7-8-13/h10,12-14H,4-9,11H2,1-3H3,(H2,19,20,21,22)/t14-/m0/s1. The normalized spacial score (nSPS) is 20.9. The van der Waals surface area contributed by atoms with Gasteiger partial charge in [-0.15, -0.1) is 0 Å². The fourth-order valence-electron chi connectivity index (χ4n) is 2.97. The molecule has 7 heteroatoms. The molecule has 1 aliphatic carbocycles. The summed E-state index contributed by atoms with van der Waals surface area (Å²) < 4.78 is 5.55. The summed E-state index contributed by atoms with van der Waals surface area (Å²) in [5.41, 5.74) is -0.470. The highest BCUT2D eigenvalue weighted by atomic mass is 16.6. The van der Waals surface area contributed by atoms with Gasteiger partial charge in [0.05, 0.1) is 6.04 Å². The van der Waals surface area contributed by atoms with Gasteiger partial charge >= 0.3 is 6.09 Å². The lowest BCUT2D eigenvalue weighted by Crippen LogP contribution is -2.48. The second kappa shape index (κ2) is 7.45. The Labute approximate surface area is 149 Å². The van der Waals surface area contributed by atoms with E-state index in [1.807, 2.05) is 31.7 Å². The number of hydrogen-bond donors (Lipinski definition) is 2. The van der Waals surface area contributed by atoms with Crippen molar-refractivity contribution in [2.45, 2.75) is 70.6 Å². The molecule has 3 rings (SSSR count). The molecule has 138 valence electrons. The highest BCUT2D eigenvalue weighted by molar-refractivity contribution is 5.68. The number of anilines is 2. The van der Waals surface area contributed by atoms with Crippen molar-refractivity contribution >= 4 is 17.7 Å². The van der Waals surface area contributed by atoms with Gasteiger partial charge in [-0.2, -0.15) is 0 Å². The number of ether oxygens (including phenoxy) is 1. The molecule has 2 fully saturated rings. The number of carbonyl (C=O) groups excluding carboxylic acids is 1. The minimum atomic E-state index is -0.470. The van der Waals surface area contributed by atoms with Gasteiger partial charge in [0, 0.05) is 25.2 Å². The van der Waals surface area contributed by atoms with Crippen LogP contribution in [0.2, 0.25) is 0 Å². The Balaban J connectivity index is 1.57. The highest BCUT2D eigenvalue weighted by Gasteiger charge is 2.30. The van der Waals surface area contributed by atoms with E-state index < -0.39 is 5.60 Å². The first-order valence-electron chi connectivity index (χ1n) is 9.23. The van der Waals surface area contributed by atoms with Crippen LogP contribution in [-0.2, 0) is 4.74 Å². The summed E-state index contributed by atoms with van der Waals surface area (Å²) in [6.07, 6.45) is 6.89. The first kappa shape index (κ1) is 17.8. The molecule has 0 aromatic carbocycles. The van der Waals surface area contributed by atoms with E-state index in [-0.39, 0.29) is 12.1 Å². The van der Waals surface area contributed by atoms with Crippen molar-refractivity contribution in [2.24, 2.45) is 0 Å². The number of nitrogens with one attached hydrogen (secondary N) is 2. The van der Waals surface area contributed by atoms with Gasteiger partial charge in [0.2, 0.25) is 0 Å². The van der Waals surface area contributed by atoms with Gasteiger partial charge in [-0.1, -0.05) is 0 Å². The van der Waals surface area contributed by atoms with E-state index in [0.29, 0.717) is 12.6 Å². The zero-order valence-corrected chi connectivity index (χ0v) is 15.4. The van der Waals surface area contributed by atoms with Crippen LogP contribution < -0.4 is 10.6 Å². The van der Waals surface area contributed by atoms with E-state index in [0.717, 1.165) is 37.4 Å². The maximum Gasteiger partial charge on any atom is 0.410 e. The molecule has 2 heterocycles. The minimum absolute atomic E-state index is 0.124. The van der Waals surface area contributed by atoms with Crippen LogP contribution in [0.3, 0.4) is 0 Å². The van der Waals surface area contributed by atoms with Gasteiger partial charge in [0.25, 0.3) is 0 Å². The van der Waals surface area contributed by atoms with Crippen molar-refractivity contribution in [3.05, 3.63) is 12.4 Å². The predicted octanol–water partition coefficient (Wildman–Crippen LogP) is 3.25. The Morgan fingerprint density at radius 2 is 2.00 bits per heavy atom. The van der Waals surface area contributed by atoms with Crippen molar-refractivity contribution in [1.29, 1.82) is 0 Å². The Hall–Kier alpha value is -2.05. The molecule has 2 N–H and O–H groups in total. The smallest absolute Gasteiger partial charge is 0.410 e. The monoisotopic (exact) mass is 347 g/mol. The molecule has 0 spiro atoms. The Morgan fingerprint density at radius 3 is 2.72 bits per heavy atom. The van der Waals surface area contributed by atoms with E-state index in [9.17, 15) is 4.79 Å². The van der Waals surface area contributed by atoms with Gasteiger partial charge in [0.1, 0.15) is 23.6 Å². The first-order valence-corrected chi connectivity index (χ1v) is 9.23. The molecule has 1 saturated carbocycles. The summed E-state index contributed by atoms with van der Waals surface area (Å²) in [7, 11) is 0. The lowest BCUT2D eigenvalue weighted by atomic mass is 10.0. The summed E-state index contributed by atoms with van der Waals surface area (Å²) in [6, 6.07) is 2.61. The van der Waals surface area contributed by atoms with Gasteiger partial charge in [-0.05, 0) is 52.9 Å². The summed E-state index contributed by atoms with van der Waals surface area (Å²) in [5.74, 6) is 1.64. The van der Waals surface area contributed by atoms with E-state index in [1.54, 1.807) is 6.33 Å². The number of amides is 1. The second-order valence-corrected chi connectivity index (χ2v) is 7.91. The first-order chi connectivity index (χ1) is 11.9. The topological polar surface area (TPSA) is 79.4 Å². The quantitative estimate of drug-likeness (QED) is 0.851. The summed E-state index contributed by atoms with van der Waals surface area (Å²) in [6.45, 7) is 7.12. The zero-order chi connectivity index (χ0) is 17.9. The van der Waals surface area contributed by atoms with Gasteiger partial charge in [-0.3, -0.25) is 0 Å². The molecule has 1 atom stereocenters. The third kappa shape index (κ3) is 5.47. The SMILES string of the molecule is CC(C)(C)OC(=O)N1CCCC[C@H]1CNc1cc(NC2CC2)ncn1. The van der Waals surface area contributed by atoms with Crippen LogP contribution in [0.5, 0.6) is 0 Å². The van der Waals surface area contributed by atoms with Crippen molar-refractivity contribution in [1.82, 2.24) is 14.9 Å². The lowest BCUT2D eigenvalue weighted by molar-refractivity contribution is 0.0114. The van der Waals surface area contributed by atoms with Crippen LogP contribution >= 0.6 is 0 Å². The summed E-state index contributed by atoms with van der Waals surface area (Å²) >= 11 is 0. The summed E-state index contributed by atoms with van der Waals surface area (Å²) in [5, 5.41) is 6.73. The van der Waals surface area contributed by atoms with Crippen molar-refractivity contribution in [3.8, 4) is 0 Å². The predicted molar refractivity (Wildman–Crippen MR) is 97.7 cm³/mol. The molecule has 1 aromatic rings. The lowest BCUT2D eigenvalue weighted by Gasteiger charge is -2.36. The Kier molecular flexibility index (Phi) is 5.30. The molecule has 25 heavy (non-hydrogen) atoms. The van der Waals surface area contributed by atoms with Gasteiger partial charge in [0.15, 0.2) is 0 Å². The van der Waals surface area contributed by atoms with E-state index in [1.165, 1.54) is 12.8 Å². The van der Waals surface area contributed by atoms with Crippen molar-refractivity contribution in [2.75, 3.05) is 23.7 Å². The number of piperidine rings is 1. The minimum Gasteiger partial charge on any atom is -0.444 e. The highest BCUT2D eigenvalue weighted by Crippen LogP contribution is 2.24. The molecule has 1 saturated heterocycles. The number of rotatable bonds is 5. The summed E-state index contributed by atoms with van der Waals surface area (Å²) in [4.78, 5) is 22.8. The van der Waals surface area contributed by atoms with Crippen LogP contribution in [0, 0.1) is 0 Å². The third-order valence-electron chi connectivity index (χ3n) is 4.37. The molecule has 0 radical (unpaired) electrons. The Morgan fingerprint density at radius 1 is 1.24 bits per heavy atom. The van der Waals surface area contributed by atoms with Crippen LogP contribution in [0.15, 0.2) is 12.4 Å². The molecular formula is C18H29N5O2. The third-order valence-corrected chi connectivity index (χ3v) is 4.37. The van der Waals surface area contributed by atoms with E-state index in [4.69, 9.17) is 4.74 Å².